The summed E-state index contributed by atoms with van der Waals surface area (Å²) in [6, 6.07) is 13.4. The predicted octanol–water partition coefficient (Wildman–Crippen LogP) is 4.76. The first-order valence-corrected chi connectivity index (χ1v) is 10.1. The molecule has 1 fully saturated rings. The Bertz CT molecular complexity index is 1180. The standard InChI is InChI=1S/C24H20F2N4O/c25-19-2-1-3-21-23(19)18(24(31)29-21)13-28-17-4-5-22(20(26)12-17)30-11-8-16(14-30)15-6-9-27-10-7-15/h1-7,9-10,12-13,16,28H,8,11,14H2,(H,29,31). The largest absolute Gasteiger partial charge is 0.369 e. The molecule has 2 aliphatic rings. The van der Waals surface area contributed by atoms with E-state index in [4.69, 9.17) is 0 Å². The molecule has 5 nitrogen and oxygen atoms in total. The van der Waals surface area contributed by atoms with E-state index in [1.54, 1.807) is 30.6 Å². The molecule has 0 saturated carbocycles. The summed E-state index contributed by atoms with van der Waals surface area (Å²) in [4.78, 5) is 18.3. The van der Waals surface area contributed by atoms with Crippen LogP contribution in [-0.4, -0.2) is 24.0 Å². The van der Waals surface area contributed by atoms with E-state index in [2.05, 4.69) is 15.6 Å². The second-order valence-corrected chi connectivity index (χ2v) is 7.70. The van der Waals surface area contributed by atoms with Crippen molar-refractivity contribution in [3.05, 3.63) is 89.9 Å². The molecule has 2 aliphatic heterocycles. The van der Waals surface area contributed by atoms with Crippen LogP contribution in [0, 0.1) is 11.6 Å². The lowest BCUT2D eigenvalue weighted by molar-refractivity contribution is -0.110. The van der Waals surface area contributed by atoms with Gasteiger partial charge in [0.05, 0.1) is 16.9 Å². The van der Waals surface area contributed by atoms with Gasteiger partial charge in [-0.05, 0) is 54.4 Å². The minimum Gasteiger partial charge on any atom is -0.369 e. The first-order chi connectivity index (χ1) is 15.1. The van der Waals surface area contributed by atoms with Crippen molar-refractivity contribution in [2.24, 2.45) is 0 Å². The van der Waals surface area contributed by atoms with Crippen LogP contribution in [-0.2, 0) is 4.79 Å². The molecule has 1 saturated heterocycles. The second kappa shape index (κ2) is 7.83. The molecule has 156 valence electrons. The summed E-state index contributed by atoms with van der Waals surface area (Å²) in [5.74, 6) is -0.880. The molecule has 0 spiro atoms. The fraction of sp³-hybridized carbons (Fsp3) is 0.167. The van der Waals surface area contributed by atoms with Crippen molar-refractivity contribution in [3.63, 3.8) is 0 Å². The van der Waals surface area contributed by atoms with E-state index < -0.39 is 11.7 Å². The van der Waals surface area contributed by atoms with Gasteiger partial charge in [-0.25, -0.2) is 8.78 Å². The molecule has 2 aromatic carbocycles. The molecular formula is C24H20F2N4O. The number of fused-ring (bicyclic) bond motifs is 1. The normalized spacial score (nSPS) is 18.9. The maximum absolute atomic E-state index is 14.9. The number of rotatable bonds is 4. The maximum Gasteiger partial charge on any atom is 0.257 e. The number of nitrogens with one attached hydrogen (secondary N) is 2. The lowest BCUT2D eigenvalue weighted by Gasteiger charge is -2.20. The molecule has 3 aromatic rings. The van der Waals surface area contributed by atoms with Gasteiger partial charge in [-0.1, -0.05) is 6.07 Å². The average molecular weight is 418 g/mol. The first-order valence-electron chi connectivity index (χ1n) is 10.1. The van der Waals surface area contributed by atoms with Crippen LogP contribution >= 0.6 is 0 Å². The van der Waals surface area contributed by atoms with Crippen molar-refractivity contribution in [3.8, 4) is 0 Å². The molecule has 0 bridgehead atoms. The fourth-order valence-corrected chi connectivity index (χ4v) is 4.24. The van der Waals surface area contributed by atoms with Gasteiger partial charge in [0.2, 0.25) is 0 Å². The Morgan fingerprint density at radius 1 is 1.10 bits per heavy atom. The minimum absolute atomic E-state index is 0.178. The van der Waals surface area contributed by atoms with Crippen LogP contribution in [0.1, 0.15) is 23.5 Å². The summed E-state index contributed by atoms with van der Waals surface area (Å²) in [7, 11) is 0. The van der Waals surface area contributed by atoms with Crippen LogP contribution in [0.5, 0.6) is 0 Å². The zero-order valence-corrected chi connectivity index (χ0v) is 16.6. The number of nitrogens with zero attached hydrogens (tertiary/aromatic N) is 2. The van der Waals surface area contributed by atoms with E-state index in [-0.39, 0.29) is 17.0 Å². The third-order valence-electron chi connectivity index (χ3n) is 5.81. The topological polar surface area (TPSA) is 57.3 Å². The van der Waals surface area contributed by atoms with E-state index >= 15 is 0 Å². The SMILES string of the molecule is O=C1Nc2cccc(F)c2C1=CNc1ccc(N2CCC(c3ccncc3)C2)c(F)c1. The highest BCUT2D eigenvalue weighted by molar-refractivity contribution is 6.31. The quantitative estimate of drug-likeness (QED) is 0.600. The van der Waals surface area contributed by atoms with Crippen molar-refractivity contribution < 1.29 is 13.6 Å². The molecule has 0 aliphatic carbocycles. The monoisotopic (exact) mass is 418 g/mol. The number of carbonyl (C=O) groups is 1. The zero-order chi connectivity index (χ0) is 21.4. The van der Waals surface area contributed by atoms with Crippen molar-refractivity contribution in [2.75, 3.05) is 28.6 Å². The van der Waals surface area contributed by atoms with Gasteiger partial charge < -0.3 is 15.5 Å². The number of anilines is 3. The highest BCUT2D eigenvalue weighted by atomic mass is 19.1. The van der Waals surface area contributed by atoms with Gasteiger partial charge in [-0.2, -0.15) is 0 Å². The smallest absolute Gasteiger partial charge is 0.257 e. The van der Waals surface area contributed by atoms with Gasteiger partial charge in [-0.15, -0.1) is 0 Å². The Labute approximate surface area is 178 Å². The predicted molar refractivity (Wildman–Crippen MR) is 117 cm³/mol. The lowest BCUT2D eigenvalue weighted by Crippen LogP contribution is -2.20. The van der Waals surface area contributed by atoms with Gasteiger partial charge in [0.1, 0.15) is 11.6 Å². The number of carbonyl (C=O) groups excluding carboxylic acids is 1. The fourth-order valence-electron chi connectivity index (χ4n) is 4.24. The number of amides is 1. The van der Waals surface area contributed by atoms with Crippen molar-refractivity contribution >= 4 is 28.5 Å². The Kier molecular flexibility index (Phi) is 4.86. The molecule has 1 aromatic heterocycles. The molecule has 1 amide bonds. The third-order valence-corrected chi connectivity index (χ3v) is 5.81. The van der Waals surface area contributed by atoms with Crippen LogP contribution in [0.15, 0.2) is 67.1 Å². The van der Waals surface area contributed by atoms with Crippen molar-refractivity contribution in [1.29, 1.82) is 0 Å². The molecular weight excluding hydrogens is 398 g/mol. The molecule has 3 heterocycles. The second-order valence-electron chi connectivity index (χ2n) is 7.70. The van der Waals surface area contributed by atoms with E-state index in [0.717, 1.165) is 19.5 Å². The average Bonchev–Trinajstić information content (AvgIpc) is 3.38. The summed E-state index contributed by atoms with van der Waals surface area (Å²) < 4.78 is 29.0. The highest BCUT2D eigenvalue weighted by Crippen LogP contribution is 2.35. The Balaban J connectivity index is 1.32. The number of pyridine rings is 1. The number of hydrogen-bond donors (Lipinski definition) is 2. The molecule has 7 heteroatoms. The maximum atomic E-state index is 14.9. The third kappa shape index (κ3) is 3.63. The Morgan fingerprint density at radius 3 is 2.74 bits per heavy atom. The van der Waals surface area contributed by atoms with Crippen LogP contribution in [0.4, 0.5) is 25.8 Å². The highest BCUT2D eigenvalue weighted by Gasteiger charge is 2.28. The van der Waals surface area contributed by atoms with Gasteiger partial charge >= 0.3 is 0 Å². The van der Waals surface area contributed by atoms with Crippen LogP contribution < -0.4 is 15.5 Å². The number of halogens is 2. The van der Waals surface area contributed by atoms with Crippen LogP contribution in [0.2, 0.25) is 0 Å². The van der Waals surface area contributed by atoms with E-state index in [1.165, 1.54) is 30.0 Å². The number of aromatic nitrogens is 1. The molecule has 2 N–H and O–H groups in total. The van der Waals surface area contributed by atoms with E-state index in [9.17, 15) is 13.6 Å². The van der Waals surface area contributed by atoms with Crippen molar-refractivity contribution in [2.45, 2.75) is 12.3 Å². The van der Waals surface area contributed by atoms with Crippen LogP contribution in [0.3, 0.4) is 0 Å². The molecule has 31 heavy (non-hydrogen) atoms. The molecule has 1 unspecified atom stereocenters. The zero-order valence-electron chi connectivity index (χ0n) is 16.6. The summed E-state index contributed by atoms with van der Waals surface area (Å²) in [6.45, 7) is 1.52. The number of hydrogen-bond acceptors (Lipinski definition) is 4. The van der Waals surface area contributed by atoms with E-state index in [1.807, 2.05) is 17.0 Å². The molecule has 0 radical (unpaired) electrons. The lowest BCUT2D eigenvalue weighted by atomic mass is 10.00. The van der Waals surface area contributed by atoms with Crippen LogP contribution in [0.25, 0.3) is 5.57 Å². The van der Waals surface area contributed by atoms with Gasteiger partial charge in [0, 0.05) is 48.9 Å². The number of benzene rings is 2. The molecule has 1 atom stereocenters. The first kappa shape index (κ1) is 19.2. The minimum atomic E-state index is -0.483. The Morgan fingerprint density at radius 2 is 1.94 bits per heavy atom. The molecule has 5 rings (SSSR count). The Hall–Kier alpha value is -3.74. The van der Waals surface area contributed by atoms with Gasteiger partial charge in [0.25, 0.3) is 5.91 Å². The summed E-state index contributed by atoms with van der Waals surface area (Å²) >= 11 is 0. The summed E-state index contributed by atoms with van der Waals surface area (Å²) in [5, 5.41) is 5.55. The summed E-state index contributed by atoms with van der Waals surface area (Å²) in [5.41, 5.74) is 3.07. The van der Waals surface area contributed by atoms with E-state index in [0.29, 0.717) is 23.0 Å². The summed E-state index contributed by atoms with van der Waals surface area (Å²) in [6.07, 6.45) is 5.93. The van der Waals surface area contributed by atoms with Crippen molar-refractivity contribution in [1.82, 2.24) is 4.98 Å². The van der Waals surface area contributed by atoms with Gasteiger partial charge in [0.15, 0.2) is 0 Å². The van der Waals surface area contributed by atoms with Gasteiger partial charge in [-0.3, -0.25) is 9.78 Å².